The quantitative estimate of drug-likeness (QED) is 0.647. The second-order valence-corrected chi connectivity index (χ2v) is 4.10. The Balaban J connectivity index is 3.94. The van der Waals surface area contributed by atoms with Crippen LogP contribution in [-0.2, 0) is 4.79 Å². The molecule has 0 spiro atoms. The first kappa shape index (κ1) is 12.6. The van der Waals surface area contributed by atoms with Gasteiger partial charge in [0.25, 0.3) is 0 Å². The van der Waals surface area contributed by atoms with Crippen molar-refractivity contribution in [2.24, 2.45) is 5.92 Å². The second-order valence-electron chi connectivity index (χ2n) is 4.10. The minimum atomic E-state index is -1.13. The van der Waals surface area contributed by atoms with Gasteiger partial charge in [0.15, 0.2) is 5.78 Å². The minimum absolute atomic E-state index is 0.0662. The Labute approximate surface area is 81.3 Å². The van der Waals surface area contributed by atoms with Crippen molar-refractivity contribution in [3.8, 4) is 0 Å². The fourth-order valence-corrected chi connectivity index (χ4v) is 1.33. The molecule has 0 rings (SSSR count). The van der Waals surface area contributed by atoms with Crippen LogP contribution in [0.5, 0.6) is 0 Å². The van der Waals surface area contributed by atoms with E-state index in [1.54, 1.807) is 6.92 Å². The smallest absolute Gasteiger partial charge is 0.161 e. The van der Waals surface area contributed by atoms with Gasteiger partial charge in [0.1, 0.15) is 5.60 Å². The predicted octanol–water partition coefficient (Wildman–Crippen LogP) is 2.54. The number of rotatable bonds is 6. The van der Waals surface area contributed by atoms with E-state index in [4.69, 9.17) is 0 Å². The summed E-state index contributed by atoms with van der Waals surface area (Å²) in [6.07, 6.45) is 4.38. The average Bonchev–Trinajstić information content (AvgIpc) is 2.04. The van der Waals surface area contributed by atoms with Crippen molar-refractivity contribution < 1.29 is 9.90 Å². The first-order valence-corrected chi connectivity index (χ1v) is 5.16. The highest BCUT2D eigenvalue weighted by atomic mass is 16.3. The largest absolute Gasteiger partial charge is 0.382 e. The molecule has 0 fully saturated rings. The third-order valence-electron chi connectivity index (χ3n) is 2.91. The number of ketones is 1. The lowest BCUT2D eigenvalue weighted by Crippen LogP contribution is -2.40. The van der Waals surface area contributed by atoms with Gasteiger partial charge in [0, 0.05) is 0 Å². The van der Waals surface area contributed by atoms with Crippen LogP contribution in [0.1, 0.15) is 53.4 Å². The summed E-state index contributed by atoms with van der Waals surface area (Å²) >= 11 is 0. The van der Waals surface area contributed by atoms with E-state index < -0.39 is 5.60 Å². The number of hydrogen-bond acceptors (Lipinski definition) is 2. The molecule has 0 saturated carbocycles. The molecule has 0 aromatic rings. The number of aliphatic hydroxyl groups is 1. The van der Waals surface area contributed by atoms with Gasteiger partial charge >= 0.3 is 0 Å². The van der Waals surface area contributed by atoms with Crippen LogP contribution in [-0.4, -0.2) is 16.5 Å². The normalized spacial score (nSPS) is 17.9. The molecule has 0 aliphatic heterocycles. The lowest BCUT2D eigenvalue weighted by Gasteiger charge is -2.27. The maximum atomic E-state index is 11.1. The van der Waals surface area contributed by atoms with E-state index in [9.17, 15) is 9.90 Å². The molecule has 2 unspecified atom stereocenters. The molecule has 0 radical (unpaired) electrons. The fourth-order valence-electron chi connectivity index (χ4n) is 1.33. The van der Waals surface area contributed by atoms with Gasteiger partial charge in [-0.05, 0) is 26.2 Å². The zero-order valence-corrected chi connectivity index (χ0v) is 9.26. The summed E-state index contributed by atoms with van der Waals surface area (Å²) in [5.41, 5.74) is -1.13. The molecule has 1 N–H and O–H groups in total. The first-order chi connectivity index (χ1) is 5.92. The van der Waals surface area contributed by atoms with Gasteiger partial charge in [0.05, 0.1) is 0 Å². The van der Waals surface area contributed by atoms with Crippen LogP contribution in [0.25, 0.3) is 0 Å². The first-order valence-electron chi connectivity index (χ1n) is 5.16. The minimum Gasteiger partial charge on any atom is -0.382 e. The lowest BCUT2D eigenvalue weighted by molar-refractivity contribution is -0.138. The Bertz CT molecular complexity index is 161. The van der Waals surface area contributed by atoms with Crippen LogP contribution < -0.4 is 0 Å². The molecule has 0 amide bonds. The predicted molar refractivity (Wildman–Crippen MR) is 54.6 cm³/mol. The Morgan fingerprint density at radius 3 is 2.38 bits per heavy atom. The molecular formula is C11H22O2. The second kappa shape index (κ2) is 5.38. The molecule has 0 aromatic carbocycles. The van der Waals surface area contributed by atoms with Gasteiger partial charge in [-0.15, -0.1) is 0 Å². The summed E-state index contributed by atoms with van der Waals surface area (Å²) in [6.45, 7) is 7.16. The van der Waals surface area contributed by atoms with Gasteiger partial charge in [-0.25, -0.2) is 0 Å². The summed E-state index contributed by atoms with van der Waals surface area (Å²) < 4.78 is 0. The van der Waals surface area contributed by atoms with E-state index in [2.05, 4.69) is 6.92 Å². The summed E-state index contributed by atoms with van der Waals surface area (Å²) in [6, 6.07) is 0. The van der Waals surface area contributed by atoms with Gasteiger partial charge in [-0.1, -0.05) is 33.1 Å². The molecule has 0 heterocycles. The van der Waals surface area contributed by atoms with Crippen LogP contribution in [0.15, 0.2) is 0 Å². The molecule has 0 aromatic heterocycles. The maximum Gasteiger partial charge on any atom is 0.161 e. The highest BCUT2D eigenvalue weighted by Gasteiger charge is 2.32. The fraction of sp³-hybridized carbons (Fsp3) is 0.909. The van der Waals surface area contributed by atoms with Crippen molar-refractivity contribution in [3.05, 3.63) is 0 Å². The highest BCUT2D eigenvalue weighted by molar-refractivity contribution is 5.84. The Morgan fingerprint density at radius 1 is 1.46 bits per heavy atom. The van der Waals surface area contributed by atoms with Gasteiger partial charge in [0.2, 0.25) is 0 Å². The summed E-state index contributed by atoms with van der Waals surface area (Å²) in [5.74, 6) is -0.0620. The van der Waals surface area contributed by atoms with E-state index >= 15 is 0 Å². The standard InChI is InChI=1S/C11H22O2/c1-5-6-7-8-9(2)11(4,13)10(3)12/h9,13H,5-8H2,1-4H3. The number of hydrogen-bond donors (Lipinski definition) is 1. The summed E-state index contributed by atoms with van der Waals surface area (Å²) in [7, 11) is 0. The van der Waals surface area contributed by atoms with E-state index in [1.807, 2.05) is 6.92 Å². The van der Waals surface area contributed by atoms with Crippen LogP contribution >= 0.6 is 0 Å². The molecule has 2 nitrogen and oxygen atoms in total. The maximum absolute atomic E-state index is 11.1. The molecule has 2 atom stereocenters. The van der Waals surface area contributed by atoms with Gasteiger partial charge < -0.3 is 5.11 Å². The molecule has 0 aliphatic rings. The number of unbranched alkanes of at least 4 members (excludes halogenated alkanes) is 2. The van der Waals surface area contributed by atoms with Crippen LogP contribution in [0, 0.1) is 5.92 Å². The van der Waals surface area contributed by atoms with Crippen molar-refractivity contribution in [2.75, 3.05) is 0 Å². The zero-order valence-electron chi connectivity index (χ0n) is 9.26. The Morgan fingerprint density at radius 2 is 2.00 bits per heavy atom. The van der Waals surface area contributed by atoms with Crippen molar-refractivity contribution in [3.63, 3.8) is 0 Å². The number of carbonyl (C=O) groups excluding carboxylic acids is 1. The van der Waals surface area contributed by atoms with Gasteiger partial charge in [-0.3, -0.25) is 4.79 Å². The number of carbonyl (C=O) groups is 1. The van der Waals surface area contributed by atoms with Crippen LogP contribution in [0.2, 0.25) is 0 Å². The number of Topliss-reactive ketones (excluding diaryl/α,β-unsaturated/α-hetero) is 1. The molecule has 78 valence electrons. The highest BCUT2D eigenvalue weighted by Crippen LogP contribution is 2.23. The zero-order chi connectivity index (χ0) is 10.5. The average molecular weight is 186 g/mol. The van der Waals surface area contributed by atoms with E-state index in [-0.39, 0.29) is 11.7 Å². The van der Waals surface area contributed by atoms with E-state index in [1.165, 1.54) is 19.8 Å². The van der Waals surface area contributed by atoms with E-state index in [0.717, 1.165) is 12.8 Å². The molecule has 2 heteroatoms. The topological polar surface area (TPSA) is 37.3 Å². The Kier molecular flexibility index (Phi) is 5.23. The van der Waals surface area contributed by atoms with Crippen molar-refractivity contribution >= 4 is 5.78 Å². The monoisotopic (exact) mass is 186 g/mol. The third kappa shape index (κ3) is 3.90. The SMILES string of the molecule is CCCCCC(C)C(C)(O)C(C)=O. The lowest BCUT2D eigenvalue weighted by atomic mass is 9.84. The Hall–Kier alpha value is -0.370. The molecular weight excluding hydrogens is 164 g/mol. The van der Waals surface area contributed by atoms with Crippen molar-refractivity contribution in [2.45, 2.75) is 59.0 Å². The molecule has 0 aliphatic carbocycles. The molecule has 0 saturated heterocycles. The molecule has 0 bridgehead atoms. The van der Waals surface area contributed by atoms with Crippen molar-refractivity contribution in [1.29, 1.82) is 0 Å². The summed E-state index contributed by atoms with van der Waals surface area (Å²) in [4.78, 5) is 11.1. The van der Waals surface area contributed by atoms with Crippen molar-refractivity contribution in [1.82, 2.24) is 0 Å². The van der Waals surface area contributed by atoms with Crippen LogP contribution in [0.3, 0.4) is 0 Å². The van der Waals surface area contributed by atoms with Gasteiger partial charge in [-0.2, -0.15) is 0 Å². The van der Waals surface area contributed by atoms with Crippen LogP contribution in [0.4, 0.5) is 0 Å². The third-order valence-corrected chi connectivity index (χ3v) is 2.91. The summed E-state index contributed by atoms with van der Waals surface area (Å²) in [5, 5.41) is 9.81. The van der Waals surface area contributed by atoms with E-state index in [0.29, 0.717) is 0 Å². The molecule has 13 heavy (non-hydrogen) atoms.